The Balaban J connectivity index is 1.24. The molecule has 0 saturated heterocycles. The second kappa shape index (κ2) is 10.2. The maximum atomic E-state index is 2.45. The third-order valence-corrected chi connectivity index (χ3v) is 9.52. The molecular formula is C44H37N. The highest BCUT2D eigenvalue weighted by Gasteiger charge is 2.25. The van der Waals surface area contributed by atoms with Gasteiger partial charge in [-0.3, -0.25) is 0 Å². The standard InChI is InChI=1S/C44H37N/c1-28-11-9-12-29(2)43(28)45(37-16-10-15-36(27-37)44(3,4)5)38-20-19-33-24-40-41-25-34-21-31(30-13-7-6-8-14-30)17-18-32(34)23-39(41)42(40)26-35(33)22-38/h6-27H,1-5H3. The molecular weight excluding hydrogens is 542 g/mol. The lowest BCUT2D eigenvalue weighted by Crippen LogP contribution is -2.16. The third-order valence-electron chi connectivity index (χ3n) is 9.52. The van der Waals surface area contributed by atoms with Gasteiger partial charge in [0.05, 0.1) is 5.69 Å². The zero-order valence-corrected chi connectivity index (χ0v) is 26.6. The van der Waals surface area contributed by atoms with Crippen LogP contribution in [0.5, 0.6) is 0 Å². The molecule has 0 unspecified atom stereocenters. The molecule has 0 N–H and O–H groups in total. The van der Waals surface area contributed by atoms with Crippen LogP contribution in [0.2, 0.25) is 0 Å². The molecule has 7 aromatic carbocycles. The van der Waals surface area contributed by atoms with Gasteiger partial charge in [-0.15, -0.1) is 0 Å². The Kier molecular flexibility index (Phi) is 6.22. The molecule has 1 heteroatoms. The molecule has 0 aliphatic heterocycles. The Morgan fingerprint density at radius 2 is 0.978 bits per heavy atom. The first-order valence-corrected chi connectivity index (χ1v) is 15.9. The van der Waals surface area contributed by atoms with E-state index in [1.807, 2.05) is 0 Å². The van der Waals surface area contributed by atoms with Crippen LogP contribution in [0.3, 0.4) is 0 Å². The highest BCUT2D eigenvalue weighted by Crippen LogP contribution is 2.51. The third kappa shape index (κ3) is 4.62. The molecule has 0 bridgehead atoms. The lowest BCUT2D eigenvalue weighted by atomic mass is 9.77. The van der Waals surface area contributed by atoms with Crippen LogP contribution in [-0.2, 0) is 5.41 Å². The van der Waals surface area contributed by atoms with E-state index >= 15 is 0 Å². The van der Waals surface area contributed by atoms with E-state index in [0.29, 0.717) is 0 Å². The van der Waals surface area contributed by atoms with Crippen LogP contribution in [-0.4, -0.2) is 0 Å². The van der Waals surface area contributed by atoms with E-state index < -0.39 is 0 Å². The molecule has 1 nitrogen and oxygen atoms in total. The van der Waals surface area contributed by atoms with Crippen molar-refractivity contribution >= 4 is 38.6 Å². The van der Waals surface area contributed by atoms with Crippen molar-refractivity contribution in [3.63, 3.8) is 0 Å². The Morgan fingerprint density at radius 1 is 0.422 bits per heavy atom. The molecule has 45 heavy (non-hydrogen) atoms. The summed E-state index contributed by atoms with van der Waals surface area (Å²) in [6, 6.07) is 49.6. The van der Waals surface area contributed by atoms with Crippen molar-refractivity contribution < 1.29 is 0 Å². The number of hydrogen-bond acceptors (Lipinski definition) is 1. The average molecular weight is 580 g/mol. The molecule has 0 amide bonds. The minimum absolute atomic E-state index is 0.0643. The lowest BCUT2D eigenvalue weighted by molar-refractivity contribution is 0.590. The van der Waals surface area contributed by atoms with Crippen molar-refractivity contribution in [2.24, 2.45) is 0 Å². The summed E-state index contributed by atoms with van der Waals surface area (Å²) < 4.78 is 0. The molecule has 218 valence electrons. The highest BCUT2D eigenvalue weighted by molar-refractivity contribution is 6.12. The minimum Gasteiger partial charge on any atom is -0.310 e. The molecule has 0 saturated carbocycles. The van der Waals surface area contributed by atoms with E-state index in [1.54, 1.807) is 0 Å². The van der Waals surface area contributed by atoms with E-state index in [1.165, 1.54) is 88.7 Å². The van der Waals surface area contributed by atoms with E-state index in [-0.39, 0.29) is 5.41 Å². The normalized spacial score (nSPS) is 12.1. The maximum absolute atomic E-state index is 2.45. The number of hydrogen-bond donors (Lipinski definition) is 0. The van der Waals surface area contributed by atoms with Crippen molar-refractivity contribution in [2.75, 3.05) is 4.90 Å². The smallest absolute Gasteiger partial charge is 0.0519 e. The Labute approximate surface area is 266 Å². The number of para-hydroxylation sites is 1. The van der Waals surface area contributed by atoms with Crippen LogP contribution in [0.1, 0.15) is 37.5 Å². The molecule has 0 aromatic heterocycles. The van der Waals surface area contributed by atoms with Crippen LogP contribution >= 0.6 is 0 Å². The van der Waals surface area contributed by atoms with Gasteiger partial charge in [0.2, 0.25) is 0 Å². The zero-order valence-electron chi connectivity index (χ0n) is 26.6. The highest BCUT2D eigenvalue weighted by atomic mass is 15.1. The van der Waals surface area contributed by atoms with Crippen LogP contribution < -0.4 is 4.90 Å². The van der Waals surface area contributed by atoms with Crippen molar-refractivity contribution in [3.05, 3.63) is 150 Å². The molecule has 8 rings (SSSR count). The van der Waals surface area contributed by atoms with Gasteiger partial charge in [-0.05, 0) is 145 Å². The van der Waals surface area contributed by atoms with Gasteiger partial charge in [0.1, 0.15) is 0 Å². The fraction of sp³-hybridized carbons (Fsp3) is 0.136. The topological polar surface area (TPSA) is 3.24 Å². The SMILES string of the molecule is Cc1cccc(C)c1N(c1cccc(C(C)(C)C)c1)c1ccc2cc3c(cc2c1)-c1cc2ccc(-c4ccccc4)cc2cc1-3. The first-order chi connectivity index (χ1) is 21.7. The van der Waals surface area contributed by atoms with E-state index in [2.05, 4.69) is 173 Å². The molecule has 7 aromatic rings. The number of nitrogens with zero attached hydrogens (tertiary/aromatic N) is 1. The number of fused-ring (bicyclic) bond motifs is 6. The van der Waals surface area contributed by atoms with Gasteiger partial charge in [0.15, 0.2) is 0 Å². The summed E-state index contributed by atoms with van der Waals surface area (Å²) in [5.74, 6) is 0. The molecule has 0 fully saturated rings. The molecule has 0 spiro atoms. The van der Waals surface area contributed by atoms with Gasteiger partial charge in [-0.25, -0.2) is 0 Å². The number of benzene rings is 7. The van der Waals surface area contributed by atoms with Gasteiger partial charge in [-0.2, -0.15) is 0 Å². The maximum Gasteiger partial charge on any atom is 0.0519 e. The first kappa shape index (κ1) is 27.4. The van der Waals surface area contributed by atoms with Crippen LogP contribution in [0.4, 0.5) is 17.1 Å². The van der Waals surface area contributed by atoms with Crippen molar-refractivity contribution in [2.45, 2.75) is 40.0 Å². The van der Waals surface area contributed by atoms with Crippen molar-refractivity contribution in [3.8, 4) is 33.4 Å². The summed E-state index contributed by atoms with van der Waals surface area (Å²) in [5, 5.41) is 5.11. The van der Waals surface area contributed by atoms with Crippen LogP contribution in [0, 0.1) is 13.8 Å². The second-order valence-electron chi connectivity index (χ2n) is 13.6. The van der Waals surface area contributed by atoms with Crippen molar-refractivity contribution in [1.29, 1.82) is 0 Å². The largest absolute Gasteiger partial charge is 0.310 e. The Hall–Kier alpha value is -5.14. The molecule has 1 aliphatic rings. The first-order valence-electron chi connectivity index (χ1n) is 15.9. The summed E-state index contributed by atoms with van der Waals surface area (Å²) in [5.41, 5.74) is 15.5. The van der Waals surface area contributed by atoms with Gasteiger partial charge in [0.25, 0.3) is 0 Å². The fourth-order valence-electron chi connectivity index (χ4n) is 7.04. The second-order valence-corrected chi connectivity index (χ2v) is 13.6. The zero-order chi connectivity index (χ0) is 30.9. The Morgan fingerprint density at radius 3 is 1.62 bits per heavy atom. The molecule has 0 heterocycles. The predicted octanol–water partition coefficient (Wildman–Crippen LogP) is 12.7. The summed E-state index contributed by atoms with van der Waals surface area (Å²) in [6.07, 6.45) is 0. The van der Waals surface area contributed by atoms with Gasteiger partial charge < -0.3 is 4.90 Å². The monoisotopic (exact) mass is 579 g/mol. The number of rotatable bonds is 4. The van der Waals surface area contributed by atoms with Crippen LogP contribution in [0.25, 0.3) is 54.9 Å². The molecule has 0 atom stereocenters. The fourth-order valence-corrected chi connectivity index (χ4v) is 7.04. The van der Waals surface area contributed by atoms with Gasteiger partial charge >= 0.3 is 0 Å². The van der Waals surface area contributed by atoms with Gasteiger partial charge in [0, 0.05) is 11.4 Å². The predicted molar refractivity (Wildman–Crippen MR) is 194 cm³/mol. The quantitative estimate of drug-likeness (QED) is 0.200. The molecule has 0 radical (unpaired) electrons. The van der Waals surface area contributed by atoms with Gasteiger partial charge in [-0.1, -0.05) is 99.6 Å². The van der Waals surface area contributed by atoms with E-state index in [9.17, 15) is 0 Å². The summed E-state index contributed by atoms with van der Waals surface area (Å²) in [4.78, 5) is 2.45. The summed E-state index contributed by atoms with van der Waals surface area (Å²) in [6.45, 7) is 11.3. The number of anilines is 3. The summed E-state index contributed by atoms with van der Waals surface area (Å²) >= 11 is 0. The Bertz CT molecular complexity index is 2250. The van der Waals surface area contributed by atoms with E-state index in [4.69, 9.17) is 0 Å². The lowest BCUT2D eigenvalue weighted by Gasteiger charge is -2.31. The number of aryl methyl sites for hydroxylation is 2. The minimum atomic E-state index is 0.0643. The van der Waals surface area contributed by atoms with Crippen molar-refractivity contribution in [1.82, 2.24) is 0 Å². The van der Waals surface area contributed by atoms with Crippen LogP contribution in [0.15, 0.2) is 133 Å². The molecule has 1 aliphatic carbocycles. The average Bonchev–Trinajstić information content (AvgIpc) is 3.04. The van der Waals surface area contributed by atoms with E-state index in [0.717, 1.165) is 0 Å². The summed E-state index contributed by atoms with van der Waals surface area (Å²) in [7, 11) is 0.